The number of aliphatic hydroxyl groups is 1. The minimum atomic E-state index is -0.552. The topological polar surface area (TPSA) is 32.7 Å². The summed E-state index contributed by atoms with van der Waals surface area (Å²) in [5.74, 6) is 0.855. The summed E-state index contributed by atoms with van der Waals surface area (Å²) in [6.07, 6.45) is -0.552. The summed E-state index contributed by atoms with van der Waals surface area (Å²) in [5.41, 5.74) is 0.524. The van der Waals surface area contributed by atoms with Crippen molar-refractivity contribution in [2.75, 3.05) is 26.2 Å². The van der Waals surface area contributed by atoms with Gasteiger partial charge in [-0.15, -0.1) is 0 Å². The van der Waals surface area contributed by atoms with Crippen LogP contribution in [0.1, 0.15) is 33.3 Å². The first-order valence-electron chi connectivity index (χ1n) is 8.10. The van der Waals surface area contributed by atoms with E-state index in [2.05, 4.69) is 32.6 Å². The van der Waals surface area contributed by atoms with Gasteiger partial charge < -0.3 is 14.7 Å². The van der Waals surface area contributed by atoms with E-state index in [-0.39, 0.29) is 19.0 Å². The van der Waals surface area contributed by atoms with Crippen LogP contribution in [-0.2, 0) is 11.3 Å². The minimum Gasteiger partial charge on any atom is -0.389 e. The van der Waals surface area contributed by atoms with Crippen molar-refractivity contribution in [1.29, 1.82) is 0 Å². The van der Waals surface area contributed by atoms with Crippen LogP contribution in [0.3, 0.4) is 0 Å². The molecule has 4 heteroatoms. The second-order valence-corrected chi connectivity index (χ2v) is 6.77. The lowest BCUT2D eigenvalue weighted by atomic mass is 10.1. The molecule has 22 heavy (non-hydrogen) atoms. The van der Waals surface area contributed by atoms with E-state index in [1.165, 1.54) is 6.07 Å². The molecule has 1 N–H and O–H groups in total. The SMILES string of the molecule is CC(C)CN(CC(C)C)C[C@H](O)COCc1ccccc1F. The van der Waals surface area contributed by atoms with Crippen molar-refractivity contribution in [3.8, 4) is 0 Å². The van der Waals surface area contributed by atoms with Gasteiger partial charge in [-0.05, 0) is 17.9 Å². The Kier molecular flexibility index (Phi) is 8.61. The van der Waals surface area contributed by atoms with Crippen LogP contribution >= 0.6 is 0 Å². The van der Waals surface area contributed by atoms with Crippen LogP contribution in [0.25, 0.3) is 0 Å². The molecule has 3 nitrogen and oxygen atoms in total. The van der Waals surface area contributed by atoms with Gasteiger partial charge >= 0.3 is 0 Å². The third-order valence-electron chi connectivity index (χ3n) is 3.24. The maximum absolute atomic E-state index is 13.5. The molecular formula is C18H30FNO2. The fourth-order valence-corrected chi connectivity index (χ4v) is 2.53. The number of rotatable bonds is 10. The molecule has 0 spiro atoms. The molecule has 0 radical (unpaired) electrons. The Morgan fingerprint density at radius 2 is 1.64 bits per heavy atom. The Labute approximate surface area is 134 Å². The molecule has 0 unspecified atom stereocenters. The molecule has 126 valence electrons. The van der Waals surface area contributed by atoms with E-state index in [9.17, 15) is 9.50 Å². The van der Waals surface area contributed by atoms with Crippen LogP contribution in [0.4, 0.5) is 4.39 Å². The largest absolute Gasteiger partial charge is 0.389 e. The summed E-state index contributed by atoms with van der Waals surface area (Å²) < 4.78 is 18.9. The highest BCUT2D eigenvalue weighted by Gasteiger charge is 2.15. The number of hydrogen-bond donors (Lipinski definition) is 1. The number of hydrogen-bond acceptors (Lipinski definition) is 3. The van der Waals surface area contributed by atoms with E-state index in [4.69, 9.17) is 4.74 Å². The van der Waals surface area contributed by atoms with Crippen LogP contribution in [0.5, 0.6) is 0 Å². The summed E-state index contributed by atoms with van der Waals surface area (Å²) >= 11 is 0. The highest BCUT2D eigenvalue weighted by atomic mass is 19.1. The zero-order valence-corrected chi connectivity index (χ0v) is 14.3. The van der Waals surface area contributed by atoms with Crippen LogP contribution in [-0.4, -0.2) is 42.4 Å². The van der Waals surface area contributed by atoms with Gasteiger partial charge in [-0.3, -0.25) is 0 Å². The number of ether oxygens (including phenoxy) is 1. The summed E-state index contributed by atoms with van der Waals surface area (Å²) in [6.45, 7) is 11.6. The van der Waals surface area contributed by atoms with Gasteiger partial charge in [0.15, 0.2) is 0 Å². The third-order valence-corrected chi connectivity index (χ3v) is 3.24. The highest BCUT2D eigenvalue weighted by molar-refractivity contribution is 5.16. The lowest BCUT2D eigenvalue weighted by molar-refractivity contribution is 0.00572. The zero-order chi connectivity index (χ0) is 16.5. The Hall–Kier alpha value is -0.970. The Morgan fingerprint density at radius 3 is 2.18 bits per heavy atom. The van der Waals surface area contributed by atoms with Gasteiger partial charge in [0.25, 0.3) is 0 Å². The third kappa shape index (κ3) is 7.87. The maximum Gasteiger partial charge on any atom is 0.128 e. The molecule has 1 atom stereocenters. The lowest BCUT2D eigenvalue weighted by Gasteiger charge is -2.28. The molecule has 0 amide bonds. The monoisotopic (exact) mass is 311 g/mol. The molecule has 0 aliphatic heterocycles. The van der Waals surface area contributed by atoms with Crippen molar-refractivity contribution in [3.63, 3.8) is 0 Å². The van der Waals surface area contributed by atoms with Crippen molar-refractivity contribution in [2.24, 2.45) is 11.8 Å². The first-order chi connectivity index (χ1) is 10.4. The number of nitrogens with zero attached hydrogens (tertiary/aromatic N) is 1. The molecular weight excluding hydrogens is 281 g/mol. The van der Waals surface area contributed by atoms with Crippen LogP contribution < -0.4 is 0 Å². The van der Waals surface area contributed by atoms with E-state index in [0.717, 1.165) is 13.1 Å². The molecule has 1 aromatic rings. The minimum absolute atomic E-state index is 0.193. The molecule has 0 heterocycles. The van der Waals surface area contributed by atoms with Gasteiger partial charge in [0.05, 0.1) is 19.3 Å². The standard InChI is InChI=1S/C18H30FNO2/c1-14(2)9-20(10-15(3)4)11-17(21)13-22-12-16-7-5-6-8-18(16)19/h5-8,14-15,17,21H,9-13H2,1-4H3/t17-/m0/s1. The second-order valence-electron chi connectivity index (χ2n) is 6.77. The van der Waals surface area contributed by atoms with Gasteiger partial charge in [0.1, 0.15) is 5.82 Å². The normalized spacial score (nSPS) is 13.3. The number of aliphatic hydroxyl groups excluding tert-OH is 1. The average Bonchev–Trinajstić information content (AvgIpc) is 2.39. The zero-order valence-electron chi connectivity index (χ0n) is 14.3. The molecule has 0 bridgehead atoms. The van der Waals surface area contributed by atoms with E-state index < -0.39 is 6.10 Å². The first kappa shape index (κ1) is 19.1. The predicted octanol–water partition coefficient (Wildman–Crippen LogP) is 3.32. The Morgan fingerprint density at radius 1 is 1.05 bits per heavy atom. The van der Waals surface area contributed by atoms with Crippen LogP contribution in [0.2, 0.25) is 0 Å². The molecule has 1 aromatic carbocycles. The second kappa shape index (κ2) is 9.93. The molecule has 0 aromatic heterocycles. The van der Waals surface area contributed by atoms with Gasteiger partial charge in [0.2, 0.25) is 0 Å². The van der Waals surface area contributed by atoms with Crippen molar-refractivity contribution >= 4 is 0 Å². The average molecular weight is 311 g/mol. The number of halogens is 1. The van der Waals surface area contributed by atoms with Crippen molar-refractivity contribution < 1.29 is 14.2 Å². The molecule has 0 aliphatic rings. The van der Waals surface area contributed by atoms with Gasteiger partial charge in [-0.1, -0.05) is 45.9 Å². The quantitative estimate of drug-likeness (QED) is 0.719. The molecule has 1 rings (SSSR count). The van der Waals surface area contributed by atoms with E-state index in [0.29, 0.717) is 23.9 Å². The summed E-state index contributed by atoms with van der Waals surface area (Å²) in [4.78, 5) is 2.27. The van der Waals surface area contributed by atoms with E-state index in [1.807, 2.05) is 0 Å². The fraction of sp³-hybridized carbons (Fsp3) is 0.667. The summed E-state index contributed by atoms with van der Waals surface area (Å²) in [6, 6.07) is 6.56. The predicted molar refractivity (Wildman–Crippen MR) is 88.2 cm³/mol. The Balaban J connectivity index is 2.36. The molecule has 0 saturated carbocycles. The van der Waals surface area contributed by atoms with E-state index >= 15 is 0 Å². The highest BCUT2D eigenvalue weighted by Crippen LogP contribution is 2.09. The lowest BCUT2D eigenvalue weighted by Crippen LogP contribution is -2.39. The summed E-state index contributed by atoms with van der Waals surface area (Å²) in [7, 11) is 0. The summed E-state index contributed by atoms with van der Waals surface area (Å²) in [5, 5.41) is 10.1. The van der Waals surface area contributed by atoms with Gasteiger partial charge in [0, 0.05) is 25.2 Å². The first-order valence-corrected chi connectivity index (χ1v) is 8.10. The van der Waals surface area contributed by atoms with Crippen molar-refractivity contribution in [2.45, 2.75) is 40.4 Å². The number of benzene rings is 1. The maximum atomic E-state index is 13.5. The molecule has 0 saturated heterocycles. The van der Waals surface area contributed by atoms with Crippen molar-refractivity contribution in [3.05, 3.63) is 35.6 Å². The van der Waals surface area contributed by atoms with Crippen LogP contribution in [0, 0.1) is 17.7 Å². The van der Waals surface area contributed by atoms with Crippen molar-refractivity contribution in [1.82, 2.24) is 4.90 Å². The van der Waals surface area contributed by atoms with Gasteiger partial charge in [-0.25, -0.2) is 4.39 Å². The smallest absolute Gasteiger partial charge is 0.128 e. The fourth-order valence-electron chi connectivity index (χ4n) is 2.53. The van der Waals surface area contributed by atoms with Crippen LogP contribution in [0.15, 0.2) is 24.3 Å². The Bertz CT molecular complexity index is 413. The van der Waals surface area contributed by atoms with E-state index in [1.54, 1.807) is 18.2 Å². The molecule has 0 fully saturated rings. The van der Waals surface area contributed by atoms with Gasteiger partial charge in [-0.2, -0.15) is 0 Å². The molecule has 0 aliphatic carbocycles.